The third-order valence-electron chi connectivity index (χ3n) is 4.02. The lowest BCUT2D eigenvalue weighted by Crippen LogP contribution is -2.90. The van der Waals surface area contributed by atoms with Crippen LogP contribution in [0.15, 0.2) is 42.5 Å². The molecule has 0 aromatic heterocycles. The summed E-state index contributed by atoms with van der Waals surface area (Å²) in [4.78, 5) is 11.0. The molecule has 0 saturated carbocycles. The van der Waals surface area contributed by atoms with Crippen LogP contribution in [0.4, 0.5) is 0 Å². The number of aliphatic carboxylic acids is 1. The predicted octanol–water partition coefficient (Wildman–Crippen LogP) is 1.35. The third kappa shape index (κ3) is 4.21. The molecule has 2 aromatic rings. The minimum absolute atomic E-state index is 0.00872. The van der Waals surface area contributed by atoms with Crippen LogP contribution in [0.25, 0.3) is 0 Å². The molecular formula is C18H18ClNO4S. The van der Waals surface area contributed by atoms with Crippen molar-refractivity contribution in [2.75, 3.05) is 12.9 Å². The van der Waals surface area contributed by atoms with Crippen molar-refractivity contribution in [1.29, 1.82) is 0 Å². The summed E-state index contributed by atoms with van der Waals surface area (Å²) in [6.07, 6.45) is 0. The number of carboxylic acid groups (broad SMARTS) is 1. The topological polar surface area (TPSA) is 75.2 Å². The Kier molecular flexibility index (Phi) is 5.73. The minimum Gasteiger partial charge on any atom is -0.544 e. The van der Waals surface area contributed by atoms with E-state index in [0.29, 0.717) is 28.9 Å². The van der Waals surface area contributed by atoms with Gasteiger partial charge in [-0.3, -0.25) is 0 Å². The van der Waals surface area contributed by atoms with E-state index in [1.165, 1.54) is 0 Å². The van der Waals surface area contributed by atoms with Gasteiger partial charge in [0.25, 0.3) is 0 Å². The molecule has 3 rings (SSSR count). The highest BCUT2D eigenvalue weighted by Gasteiger charge is 2.31. The summed E-state index contributed by atoms with van der Waals surface area (Å²) in [5, 5.41) is 13.5. The molecule has 0 radical (unpaired) electrons. The maximum absolute atomic E-state index is 11.0. The van der Waals surface area contributed by atoms with Crippen LogP contribution in [-0.4, -0.2) is 24.9 Å². The van der Waals surface area contributed by atoms with Crippen LogP contribution < -0.4 is 19.9 Å². The number of nitrogens with two attached hydrogens (primary N) is 1. The molecule has 0 amide bonds. The van der Waals surface area contributed by atoms with Gasteiger partial charge in [0.05, 0.1) is 12.9 Å². The lowest BCUT2D eigenvalue weighted by molar-refractivity contribution is -0.690. The first-order chi connectivity index (χ1) is 12.1. The van der Waals surface area contributed by atoms with Crippen molar-refractivity contribution < 1.29 is 24.7 Å². The van der Waals surface area contributed by atoms with Crippen molar-refractivity contribution in [2.24, 2.45) is 0 Å². The molecule has 1 fully saturated rings. The summed E-state index contributed by atoms with van der Waals surface area (Å²) in [6.45, 7) is 0.340. The quantitative estimate of drug-likeness (QED) is 0.820. The number of hydrogen-bond donors (Lipinski definition) is 1. The molecule has 1 heterocycles. The summed E-state index contributed by atoms with van der Waals surface area (Å²) >= 11 is 7.72. The van der Waals surface area contributed by atoms with Crippen LogP contribution in [-0.2, 0) is 11.4 Å². The van der Waals surface area contributed by atoms with Crippen molar-refractivity contribution >= 4 is 29.3 Å². The number of rotatable bonds is 6. The Hall–Kier alpha value is -1.89. The fourth-order valence-corrected chi connectivity index (χ4v) is 4.13. The Morgan fingerprint density at radius 3 is 2.80 bits per heavy atom. The van der Waals surface area contributed by atoms with Gasteiger partial charge in [0.15, 0.2) is 16.9 Å². The highest BCUT2D eigenvalue weighted by Crippen LogP contribution is 2.34. The van der Waals surface area contributed by atoms with Crippen LogP contribution in [0.2, 0.25) is 5.02 Å². The minimum atomic E-state index is -1.03. The maximum Gasteiger partial charge on any atom is 0.161 e. The molecule has 2 aromatic carbocycles. The van der Waals surface area contributed by atoms with Gasteiger partial charge in [0.1, 0.15) is 18.6 Å². The molecule has 2 N–H and O–H groups in total. The molecule has 0 aliphatic carbocycles. The van der Waals surface area contributed by atoms with Gasteiger partial charge in [-0.05, 0) is 24.3 Å². The number of carbonyl (C=O) groups is 1. The largest absolute Gasteiger partial charge is 0.544 e. The van der Waals surface area contributed by atoms with Crippen molar-refractivity contribution in [3.63, 3.8) is 0 Å². The first-order valence-electron chi connectivity index (χ1n) is 7.80. The first-order valence-corrected chi connectivity index (χ1v) is 9.22. The van der Waals surface area contributed by atoms with Gasteiger partial charge in [-0.2, -0.15) is 0 Å². The second kappa shape index (κ2) is 7.99. The summed E-state index contributed by atoms with van der Waals surface area (Å²) < 4.78 is 11.3. The van der Waals surface area contributed by atoms with E-state index >= 15 is 0 Å². The molecule has 0 unspecified atom stereocenters. The molecule has 2 atom stereocenters. The summed E-state index contributed by atoms with van der Waals surface area (Å²) in [5.41, 5.74) is 1.88. The maximum atomic E-state index is 11.0. The Balaban J connectivity index is 1.72. The average molecular weight is 380 g/mol. The monoisotopic (exact) mass is 379 g/mol. The number of halogens is 1. The highest BCUT2D eigenvalue weighted by atomic mass is 35.5. The van der Waals surface area contributed by atoms with Crippen LogP contribution >= 0.6 is 23.4 Å². The molecule has 25 heavy (non-hydrogen) atoms. The molecule has 0 bridgehead atoms. The second-order valence-corrected chi connectivity index (χ2v) is 7.24. The molecule has 5 nitrogen and oxygen atoms in total. The molecule has 1 aliphatic rings. The summed E-state index contributed by atoms with van der Waals surface area (Å²) in [7, 11) is 1.58. The van der Waals surface area contributed by atoms with E-state index in [0.717, 1.165) is 11.1 Å². The number of benzene rings is 2. The average Bonchev–Trinajstić information content (AvgIpc) is 3.11. The second-order valence-electron chi connectivity index (χ2n) is 5.66. The summed E-state index contributed by atoms with van der Waals surface area (Å²) in [5.74, 6) is 0.725. The van der Waals surface area contributed by atoms with Crippen molar-refractivity contribution in [3.8, 4) is 11.5 Å². The fourth-order valence-electron chi connectivity index (χ4n) is 2.63. The molecule has 0 spiro atoms. The molecular weight excluding hydrogens is 362 g/mol. The zero-order valence-electron chi connectivity index (χ0n) is 13.6. The number of hydrogen-bond acceptors (Lipinski definition) is 5. The number of thioether (sulfide) groups is 1. The van der Waals surface area contributed by atoms with E-state index in [-0.39, 0.29) is 5.37 Å². The van der Waals surface area contributed by atoms with Gasteiger partial charge >= 0.3 is 0 Å². The first kappa shape index (κ1) is 17.9. The molecule has 132 valence electrons. The fraction of sp³-hybridized carbons (Fsp3) is 0.278. The number of quaternary nitrogens is 1. The smallest absolute Gasteiger partial charge is 0.161 e. The van der Waals surface area contributed by atoms with Gasteiger partial charge < -0.3 is 24.7 Å². The Bertz CT molecular complexity index is 770. The lowest BCUT2D eigenvalue weighted by Gasteiger charge is -2.15. The van der Waals surface area contributed by atoms with Crippen molar-refractivity contribution in [2.45, 2.75) is 18.0 Å². The summed E-state index contributed by atoms with van der Waals surface area (Å²) in [6, 6.07) is 12.6. The van der Waals surface area contributed by atoms with E-state index < -0.39 is 12.0 Å². The molecule has 7 heteroatoms. The number of carbonyl (C=O) groups excluding carboxylic acids is 1. The van der Waals surface area contributed by atoms with Gasteiger partial charge in [-0.25, -0.2) is 0 Å². The van der Waals surface area contributed by atoms with Crippen LogP contribution in [0.3, 0.4) is 0 Å². The third-order valence-corrected chi connectivity index (χ3v) is 5.73. The standard InChI is InChI=1S/C18H18ClNO4S/c1-23-16-8-11(17-20-14(10-25-17)18(21)22)6-7-15(16)24-9-12-4-2-3-5-13(12)19/h2-8,14,17,20H,9-10H2,1H3,(H,21,22)/t14-,17+/m1/s1. The van der Waals surface area contributed by atoms with Gasteiger partial charge in [-0.15, -0.1) is 0 Å². The molecule has 1 saturated heterocycles. The zero-order valence-corrected chi connectivity index (χ0v) is 15.2. The SMILES string of the molecule is COc1cc([C@H]2[NH2+][C@@H](C(=O)[O-])CS2)ccc1OCc1ccccc1Cl. The van der Waals surface area contributed by atoms with E-state index in [9.17, 15) is 9.90 Å². The number of methoxy groups -OCH3 is 1. The number of carboxylic acids is 1. The van der Waals surface area contributed by atoms with Gasteiger partial charge in [0.2, 0.25) is 0 Å². The Morgan fingerprint density at radius 2 is 2.12 bits per heavy atom. The van der Waals surface area contributed by atoms with E-state index in [2.05, 4.69) is 0 Å². The molecule has 1 aliphatic heterocycles. The predicted molar refractivity (Wildman–Crippen MR) is 94.7 cm³/mol. The highest BCUT2D eigenvalue weighted by molar-refractivity contribution is 7.99. The van der Waals surface area contributed by atoms with Crippen LogP contribution in [0.1, 0.15) is 16.5 Å². The van der Waals surface area contributed by atoms with Gasteiger partial charge in [0, 0.05) is 16.1 Å². The Morgan fingerprint density at radius 1 is 1.32 bits per heavy atom. The zero-order chi connectivity index (χ0) is 17.8. The Labute approximate surface area is 155 Å². The van der Waals surface area contributed by atoms with Crippen LogP contribution in [0.5, 0.6) is 11.5 Å². The normalized spacial score (nSPS) is 19.6. The van der Waals surface area contributed by atoms with Crippen LogP contribution in [0, 0.1) is 0 Å². The number of ether oxygens (including phenoxy) is 2. The lowest BCUT2D eigenvalue weighted by atomic mass is 10.2. The van der Waals surface area contributed by atoms with E-state index in [1.54, 1.807) is 24.2 Å². The van der Waals surface area contributed by atoms with Gasteiger partial charge in [-0.1, -0.05) is 41.6 Å². The van der Waals surface area contributed by atoms with Crippen molar-refractivity contribution in [3.05, 3.63) is 58.6 Å². The van der Waals surface area contributed by atoms with E-state index in [4.69, 9.17) is 21.1 Å². The van der Waals surface area contributed by atoms with Crippen molar-refractivity contribution in [1.82, 2.24) is 0 Å². The van der Waals surface area contributed by atoms with E-state index in [1.807, 2.05) is 42.5 Å².